The normalized spacial score (nSPS) is 20.5. The maximum atomic E-state index is 13.1. The molecule has 3 rings (SSSR count). The minimum atomic E-state index is -0.302. The van der Waals surface area contributed by atoms with Gasteiger partial charge < -0.3 is 14.7 Å². The van der Waals surface area contributed by atoms with Crippen molar-refractivity contribution in [2.45, 2.75) is 32.7 Å². The summed E-state index contributed by atoms with van der Waals surface area (Å²) in [4.78, 5) is 22.2. The SMILES string of the molecule is CC(C)N1CCN(CCCN2CCCN(C(=O)c3ccc(F)cc3)CC2)CC1. The fraction of sp³-hybridized carbons (Fsp3) is 0.682. The van der Waals surface area contributed by atoms with Gasteiger partial charge in [0.25, 0.3) is 5.91 Å². The number of piperazine rings is 1. The molecule has 156 valence electrons. The van der Waals surface area contributed by atoms with Crippen LogP contribution >= 0.6 is 0 Å². The van der Waals surface area contributed by atoms with Gasteiger partial charge in [0, 0.05) is 57.4 Å². The first-order valence-corrected chi connectivity index (χ1v) is 10.8. The second-order valence-electron chi connectivity index (χ2n) is 8.32. The summed E-state index contributed by atoms with van der Waals surface area (Å²) in [6.45, 7) is 15.1. The van der Waals surface area contributed by atoms with Crippen LogP contribution in [0.4, 0.5) is 4.39 Å². The van der Waals surface area contributed by atoms with Crippen LogP contribution in [0.1, 0.15) is 37.0 Å². The van der Waals surface area contributed by atoms with Crippen molar-refractivity contribution in [2.24, 2.45) is 0 Å². The number of carbonyl (C=O) groups excluding carboxylic acids is 1. The van der Waals surface area contributed by atoms with Gasteiger partial charge in [-0.1, -0.05) is 0 Å². The first-order valence-electron chi connectivity index (χ1n) is 10.8. The number of halogens is 1. The molecule has 1 aromatic rings. The average molecular weight is 391 g/mol. The fourth-order valence-corrected chi connectivity index (χ4v) is 4.19. The van der Waals surface area contributed by atoms with E-state index in [1.165, 1.54) is 51.3 Å². The van der Waals surface area contributed by atoms with Gasteiger partial charge in [0.1, 0.15) is 5.82 Å². The highest BCUT2D eigenvalue weighted by molar-refractivity contribution is 5.94. The molecule has 28 heavy (non-hydrogen) atoms. The van der Waals surface area contributed by atoms with Crippen LogP contribution in [-0.2, 0) is 0 Å². The van der Waals surface area contributed by atoms with Crippen LogP contribution in [0, 0.1) is 5.82 Å². The summed E-state index contributed by atoms with van der Waals surface area (Å²) in [7, 11) is 0. The Hall–Kier alpha value is -1.50. The molecule has 2 heterocycles. The van der Waals surface area contributed by atoms with Crippen LogP contribution in [0.15, 0.2) is 24.3 Å². The summed E-state index contributed by atoms with van der Waals surface area (Å²) in [6.07, 6.45) is 2.19. The molecule has 0 atom stereocenters. The van der Waals surface area contributed by atoms with Gasteiger partial charge in [-0.2, -0.15) is 0 Å². The lowest BCUT2D eigenvalue weighted by atomic mass is 10.2. The van der Waals surface area contributed by atoms with Gasteiger partial charge in [0.2, 0.25) is 0 Å². The van der Waals surface area contributed by atoms with E-state index < -0.39 is 0 Å². The summed E-state index contributed by atoms with van der Waals surface area (Å²) in [5.41, 5.74) is 0.579. The third kappa shape index (κ3) is 6.00. The molecular formula is C22H35FN4O. The highest BCUT2D eigenvalue weighted by Crippen LogP contribution is 2.11. The van der Waals surface area contributed by atoms with Gasteiger partial charge in [-0.15, -0.1) is 0 Å². The minimum Gasteiger partial charge on any atom is -0.337 e. The van der Waals surface area contributed by atoms with E-state index in [2.05, 4.69) is 28.5 Å². The van der Waals surface area contributed by atoms with Gasteiger partial charge in [-0.05, 0) is 70.6 Å². The van der Waals surface area contributed by atoms with Crippen molar-refractivity contribution in [3.8, 4) is 0 Å². The van der Waals surface area contributed by atoms with Crippen LogP contribution in [0.2, 0.25) is 0 Å². The number of benzene rings is 1. The van der Waals surface area contributed by atoms with Crippen LogP contribution in [0.3, 0.4) is 0 Å². The minimum absolute atomic E-state index is 0.0184. The molecule has 0 radical (unpaired) electrons. The largest absolute Gasteiger partial charge is 0.337 e. The quantitative estimate of drug-likeness (QED) is 0.746. The Balaban J connectivity index is 1.37. The maximum Gasteiger partial charge on any atom is 0.253 e. The molecule has 0 aromatic heterocycles. The monoisotopic (exact) mass is 390 g/mol. The molecule has 2 aliphatic rings. The lowest BCUT2D eigenvalue weighted by molar-refractivity contribution is 0.0760. The molecule has 2 fully saturated rings. The standard InChI is InChI=1S/C22H35FN4O/c1-19(2)26-16-13-25(14-17-26)10-3-9-24-11-4-12-27(18-15-24)22(28)20-5-7-21(23)8-6-20/h5-8,19H,3-4,9-18H2,1-2H3. The van der Waals surface area contributed by atoms with Crippen LogP contribution in [-0.4, -0.2) is 97.0 Å². The number of carbonyl (C=O) groups is 1. The summed E-state index contributed by atoms with van der Waals surface area (Å²) in [5.74, 6) is -0.283. The predicted octanol–water partition coefficient (Wildman–Crippen LogP) is 2.39. The third-order valence-electron chi connectivity index (χ3n) is 6.05. The molecule has 0 spiro atoms. The highest BCUT2D eigenvalue weighted by Gasteiger charge is 2.21. The van der Waals surface area contributed by atoms with Crippen molar-refractivity contribution in [1.29, 1.82) is 0 Å². The smallest absolute Gasteiger partial charge is 0.253 e. The van der Waals surface area contributed by atoms with E-state index in [1.54, 1.807) is 12.1 Å². The van der Waals surface area contributed by atoms with E-state index in [1.807, 2.05) is 4.90 Å². The second kappa shape index (κ2) is 10.3. The molecular weight excluding hydrogens is 355 g/mol. The van der Waals surface area contributed by atoms with E-state index in [9.17, 15) is 9.18 Å². The van der Waals surface area contributed by atoms with Crippen molar-refractivity contribution >= 4 is 5.91 Å². The van der Waals surface area contributed by atoms with E-state index in [0.29, 0.717) is 11.6 Å². The molecule has 0 bridgehead atoms. The number of amides is 1. The Morgan fingerprint density at radius 3 is 2.14 bits per heavy atom. The number of hydrogen-bond donors (Lipinski definition) is 0. The van der Waals surface area contributed by atoms with E-state index in [4.69, 9.17) is 0 Å². The zero-order valence-corrected chi connectivity index (χ0v) is 17.4. The van der Waals surface area contributed by atoms with Crippen molar-refractivity contribution in [3.05, 3.63) is 35.6 Å². The number of rotatable bonds is 6. The molecule has 0 N–H and O–H groups in total. The van der Waals surface area contributed by atoms with E-state index in [-0.39, 0.29) is 11.7 Å². The molecule has 2 aliphatic heterocycles. The zero-order valence-electron chi connectivity index (χ0n) is 17.4. The fourth-order valence-electron chi connectivity index (χ4n) is 4.19. The highest BCUT2D eigenvalue weighted by atomic mass is 19.1. The lowest BCUT2D eigenvalue weighted by Gasteiger charge is -2.37. The molecule has 1 amide bonds. The van der Waals surface area contributed by atoms with Gasteiger partial charge in [0.15, 0.2) is 0 Å². The van der Waals surface area contributed by atoms with Crippen molar-refractivity contribution in [2.75, 3.05) is 65.4 Å². The van der Waals surface area contributed by atoms with Crippen LogP contribution < -0.4 is 0 Å². The maximum absolute atomic E-state index is 13.1. The molecule has 0 saturated carbocycles. The van der Waals surface area contributed by atoms with E-state index >= 15 is 0 Å². The van der Waals surface area contributed by atoms with Crippen LogP contribution in [0.25, 0.3) is 0 Å². The molecule has 5 nitrogen and oxygen atoms in total. The van der Waals surface area contributed by atoms with Crippen LogP contribution in [0.5, 0.6) is 0 Å². The summed E-state index contributed by atoms with van der Waals surface area (Å²) >= 11 is 0. The molecule has 0 aliphatic carbocycles. The predicted molar refractivity (Wildman–Crippen MR) is 111 cm³/mol. The number of nitrogens with zero attached hydrogens (tertiary/aromatic N) is 4. The summed E-state index contributed by atoms with van der Waals surface area (Å²) in [5, 5.41) is 0. The second-order valence-corrected chi connectivity index (χ2v) is 8.32. The summed E-state index contributed by atoms with van der Waals surface area (Å²) < 4.78 is 13.1. The Kier molecular flexibility index (Phi) is 7.82. The Morgan fingerprint density at radius 2 is 1.50 bits per heavy atom. The Labute approximate surface area is 169 Å². The first kappa shape index (κ1) is 21.2. The van der Waals surface area contributed by atoms with Gasteiger partial charge in [-0.25, -0.2) is 4.39 Å². The van der Waals surface area contributed by atoms with Gasteiger partial charge in [-0.3, -0.25) is 9.69 Å². The molecule has 2 saturated heterocycles. The first-order chi connectivity index (χ1) is 13.5. The molecule has 6 heteroatoms. The van der Waals surface area contributed by atoms with Crippen molar-refractivity contribution < 1.29 is 9.18 Å². The van der Waals surface area contributed by atoms with Crippen molar-refractivity contribution in [1.82, 2.24) is 19.6 Å². The lowest BCUT2D eigenvalue weighted by Crippen LogP contribution is -2.49. The summed E-state index contributed by atoms with van der Waals surface area (Å²) in [6, 6.07) is 6.54. The van der Waals surface area contributed by atoms with E-state index in [0.717, 1.165) is 39.1 Å². The van der Waals surface area contributed by atoms with Gasteiger partial charge in [0.05, 0.1) is 0 Å². The zero-order chi connectivity index (χ0) is 19.9. The molecule has 0 unspecified atom stereocenters. The van der Waals surface area contributed by atoms with Gasteiger partial charge >= 0.3 is 0 Å². The average Bonchev–Trinajstić information content (AvgIpc) is 2.94. The molecule has 1 aromatic carbocycles. The number of hydrogen-bond acceptors (Lipinski definition) is 4. The topological polar surface area (TPSA) is 30.0 Å². The third-order valence-corrected chi connectivity index (χ3v) is 6.05. The van der Waals surface area contributed by atoms with Crippen molar-refractivity contribution in [3.63, 3.8) is 0 Å². The Morgan fingerprint density at radius 1 is 0.893 bits per heavy atom. The Bertz CT molecular complexity index is 613.